The minimum absolute atomic E-state index is 0. The molecule has 1 aromatic rings. The Balaban J connectivity index is 0.00000324. The van der Waals surface area contributed by atoms with Gasteiger partial charge in [0.1, 0.15) is 5.82 Å². The second-order valence-corrected chi connectivity index (χ2v) is 6.32. The van der Waals surface area contributed by atoms with Crippen molar-refractivity contribution in [2.24, 2.45) is 11.1 Å². The quantitative estimate of drug-likeness (QED) is 0.790. The van der Waals surface area contributed by atoms with E-state index in [1.54, 1.807) is 24.1 Å². The summed E-state index contributed by atoms with van der Waals surface area (Å²) in [5, 5.41) is 0. The molecule has 0 spiro atoms. The first kappa shape index (κ1) is 18.6. The van der Waals surface area contributed by atoms with Gasteiger partial charge in [-0.3, -0.25) is 4.79 Å². The number of halogens is 3. The molecule has 0 aliphatic rings. The first-order valence-electron chi connectivity index (χ1n) is 5.67. The van der Waals surface area contributed by atoms with Crippen LogP contribution in [0.1, 0.15) is 24.2 Å². The van der Waals surface area contributed by atoms with Gasteiger partial charge < -0.3 is 10.6 Å². The zero-order chi connectivity index (χ0) is 13.9. The number of rotatable bonds is 4. The van der Waals surface area contributed by atoms with Gasteiger partial charge >= 0.3 is 0 Å². The maximum atomic E-state index is 13.4. The molecule has 19 heavy (non-hydrogen) atoms. The molecule has 0 aromatic heterocycles. The largest absolute Gasteiger partial charge is 0.341 e. The fraction of sp³-hybridized carbons (Fsp3) is 0.462. The van der Waals surface area contributed by atoms with E-state index in [2.05, 4.69) is 0 Å². The number of carbonyl (C=O) groups is 1. The Labute approximate surface area is 133 Å². The van der Waals surface area contributed by atoms with E-state index in [1.807, 2.05) is 36.4 Å². The molecule has 0 bridgehead atoms. The Bertz CT molecular complexity index is 454. The monoisotopic (exact) mass is 400 g/mol. The molecule has 3 nitrogen and oxygen atoms in total. The van der Waals surface area contributed by atoms with Crippen LogP contribution in [0.25, 0.3) is 0 Å². The van der Waals surface area contributed by atoms with Crippen LogP contribution in [-0.2, 0) is 0 Å². The van der Waals surface area contributed by atoms with Gasteiger partial charge in [-0.05, 0) is 52.7 Å². The van der Waals surface area contributed by atoms with Crippen LogP contribution < -0.4 is 5.73 Å². The molecule has 0 unspecified atom stereocenters. The number of carbonyl (C=O) groups excluding carboxylic acids is 1. The van der Waals surface area contributed by atoms with Crippen molar-refractivity contribution >= 4 is 40.9 Å². The molecule has 0 saturated heterocycles. The van der Waals surface area contributed by atoms with Gasteiger partial charge in [-0.2, -0.15) is 0 Å². The Kier molecular flexibility index (Phi) is 7.24. The Morgan fingerprint density at radius 1 is 1.47 bits per heavy atom. The molecule has 1 aromatic carbocycles. The van der Waals surface area contributed by atoms with E-state index in [9.17, 15) is 9.18 Å². The van der Waals surface area contributed by atoms with Crippen molar-refractivity contribution in [1.29, 1.82) is 0 Å². The molecule has 0 heterocycles. The molecular weight excluding hydrogens is 382 g/mol. The summed E-state index contributed by atoms with van der Waals surface area (Å²) in [4.78, 5) is 13.7. The van der Waals surface area contributed by atoms with Crippen molar-refractivity contribution in [2.45, 2.75) is 13.8 Å². The molecule has 0 fully saturated rings. The highest BCUT2D eigenvalue weighted by Gasteiger charge is 2.22. The Morgan fingerprint density at radius 2 is 2.05 bits per heavy atom. The average molecular weight is 401 g/mol. The van der Waals surface area contributed by atoms with Crippen molar-refractivity contribution in [3.05, 3.63) is 33.1 Å². The summed E-state index contributed by atoms with van der Waals surface area (Å²) < 4.78 is 13.9. The van der Waals surface area contributed by atoms with Crippen LogP contribution >= 0.6 is 35.0 Å². The van der Waals surface area contributed by atoms with Crippen molar-refractivity contribution < 1.29 is 9.18 Å². The second-order valence-electron chi connectivity index (χ2n) is 5.16. The third kappa shape index (κ3) is 5.24. The molecular formula is C13H19ClFIN2O. The Hall–Kier alpha value is -0.400. The van der Waals surface area contributed by atoms with Gasteiger partial charge in [-0.25, -0.2) is 4.39 Å². The van der Waals surface area contributed by atoms with Gasteiger partial charge in [-0.1, -0.05) is 13.8 Å². The number of hydrogen-bond donors (Lipinski definition) is 1. The van der Waals surface area contributed by atoms with Crippen molar-refractivity contribution in [1.82, 2.24) is 4.90 Å². The van der Waals surface area contributed by atoms with E-state index in [4.69, 9.17) is 5.73 Å². The van der Waals surface area contributed by atoms with Crippen molar-refractivity contribution in [2.75, 3.05) is 20.1 Å². The highest BCUT2D eigenvalue weighted by Crippen LogP contribution is 2.17. The van der Waals surface area contributed by atoms with Gasteiger partial charge in [-0.15, -0.1) is 12.4 Å². The number of benzene rings is 1. The first-order valence-corrected chi connectivity index (χ1v) is 6.75. The standard InChI is InChI=1S/C13H18FIN2O.ClH/c1-13(2,7-16)8-17(3)12(18)9-4-5-11(15)10(14)6-9;/h4-6H,7-8,16H2,1-3H3;1H. The molecule has 0 atom stereocenters. The zero-order valence-electron chi connectivity index (χ0n) is 11.2. The normalized spacial score (nSPS) is 10.8. The predicted octanol–water partition coefficient (Wildman–Crippen LogP) is 2.91. The van der Waals surface area contributed by atoms with Crippen molar-refractivity contribution in [3.8, 4) is 0 Å². The lowest BCUT2D eigenvalue weighted by Crippen LogP contribution is -2.39. The van der Waals surface area contributed by atoms with Gasteiger partial charge in [0, 0.05) is 22.7 Å². The van der Waals surface area contributed by atoms with E-state index in [0.717, 1.165) is 0 Å². The minimum atomic E-state index is -0.368. The highest BCUT2D eigenvalue weighted by atomic mass is 127. The van der Waals surface area contributed by atoms with Crippen LogP contribution in [0.3, 0.4) is 0 Å². The third-order valence-electron chi connectivity index (χ3n) is 2.73. The summed E-state index contributed by atoms with van der Waals surface area (Å²) >= 11 is 1.89. The molecule has 0 radical (unpaired) electrons. The number of amides is 1. The van der Waals surface area contributed by atoms with Crippen LogP contribution in [0.2, 0.25) is 0 Å². The first-order chi connectivity index (χ1) is 8.26. The summed E-state index contributed by atoms with van der Waals surface area (Å²) in [5.41, 5.74) is 5.86. The molecule has 108 valence electrons. The van der Waals surface area contributed by atoms with E-state index in [1.165, 1.54) is 6.07 Å². The summed E-state index contributed by atoms with van der Waals surface area (Å²) in [5.74, 6) is -0.556. The molecule has 1 rings (SSSR count). The van der Waals surface area contributed by atoms with Crippen molar-refractivity contribution in [3.63, 3.8) is 0 Å². The molecule has 1 amide bonds. The van der Waals surface area contributed by atoms with Crippen LogP contribution in [0.5, 0.6) is 0 Å². The van der Waals surface area contributed by atoms with Crippen LogP contribution in [0.15, 0.2) is 18.2 Å². The lowest BCUT2D eigenvalue weighted by Gasteiger charge is -2.29. The van der Waals surface area contributed by atoms with Crippen LogP contribution in [0, 0.1) is 14.8 Å². The predicted molar refractivity (Wildman–Crippen MR) is 86.2 cm³/mol. The van der Waals surface area contributed by atoms with E-state index >= 15 is 0 Å². The highest BCUT2D eigenvalue weighted by molar-refractivity contribution is 14.1. The van der Waals surface area contributed by atoms with Gasteiger partial charge in [0.15, 0.2) is 0 Å². The summed E-state index contributed by atoms with van der Waals surface area (Å²) in [7, 11) is 1.70. The molecule has 2 N–H and O–H groups in total. The summed E-state index contributed by atoms with van der Waals surface area (Å²) in [6.45, 7) is 5.01. The van der Waals surface area contributed by atoms with Crippen LogP contribution in [0.4, 0.5) is 4.39 Å². The molecule has 0 aliphatic heterocycles. The smallest absolute Gasteiger partial charge is 0.253 e. The summed E-state index contributed by atoms with van der Waals surface area (Å²) in [6.07, 6.45) is 0. The number of nitrogens with zero attached hydrogens (tertiary/aromatic N) is 1. The number of hydrogen-bond acceptors (Lipinski definition) is 2. The zero-order valence-corrected chi connectivity index (χ0v) is 14.2. The fourth-order valence-electron chi connectivity index (χ4n) is 1.63. The summed E-state index contributed by atoms with van der Waals surface area (Å²) in [6, 6.07) is 4.51. The third-order valence-corrected chi connectivity index (χ3v) is 3.61. The lowest BCUT2D eigenvalue weighted by molar-refractivity contribution is 0.0740. The molecule has 6 heteroatoms. The van der Waals surface area contributed by atoms with Gasteiger partial charge in [0.2, 0.25) is 0 Å². The number of nitrogens with two attached hydrogens (primary N) is 1. The van der Waals surface area contributed by atoms with Crippen LogP contribution in [-0.4, -0.2) is 30.9 Å². The average Bonchev–Trinajstić information content (AvgIpc) is 2.31. The molecule has 0 aliphatic carbocycles. The SMILES string of the molecule is CN(CC(C)(C)CN)C(=O)c1ccc(I)c(F)c1.Cl. The van der Waals surface area contributed by atoms with Gasteiger partial charge in [0.05, 0.1) is 0 Å². The minimum Gasteiger partial charge on any atom is -0.341 e. The maximum Gasteiger partial charge on any atom is 0.253 e. The Morgan fingerprint density at radius 3 is 2.53 bits per heavy atom. The van der Waals surface area contributed by atoms with E-state index in [-0.39, 0.29) is 29.5 Å². The van der Waals surface area contributed by atoms with Gasteiger partial charge in [0.25, 0.3) is 5.91 Å². The van der Waals surface area contributed by atoms with E-state index in [0.29, 0.717) is 22.2 Å². The maximum absolute atomic E-state index is 13.4. The lowest BCUT2D eigenvalue weighted by atomic mass is 9.93. The fourth-order valence-corrected chi connectivity index (χ4v) is 1.96. The molecule has 0 saturated carbocycles. The van der Waals surface area contributed by atoms with E-state index < -0.39 is 0 Å². The second kappa shape index (κ2) is 7.40. The topological polar surface area (TPSA) is 46.3 Å².